The summed E-state index contributed by atoms with van der Waals surface area (Å²) in [4.78, 5) is 2.59. The Kier molecular flexibility index (Phi) is 3.77. The minimum Gasteiger partial charge on any atom is -0.391 e. The summed E-state index contributed by atoms with van der Waals surface area (Å²) in [6.45, 7) is 0.179. The molecule has 0 bridgehead atoms. The topological polar surface area (TPSA) is 87.5 Å². The fraction of sp³-hybridized carbons (Fsp3) is 1.00. The molecule has 13 heavy (non-hydrogen) atoms. The quantitative estimate of drug-likeness (QED) is 0.312. The summed E-state index contributed by atoms with van der Waals surface area (Å²) in [5, 5.41) is 12.3. The number of nitrogens with zero attached hydrogens (tertiary/aromatic N) is 3. The van der Waals surface area contributed by atoms with Crippen LogP contribution in [0.15, 0.2) is 5.11 Å². The summed E-state index contributed by atoms with van der Waals surface area (Å²) in [5.74, 6) is 0. The molecular formula is C6H10ClN3O3. The van der Waals surface area contributed by atoms with Crippen LogP contribution in [0, 0.1) is 0 Å². The molecule has 0 unspecified atom stereocenters. The standard InChI is InChI=1S/C6H10ClN3O3/c1-12-6-4(9-10-8)5(11)3(7)2-13-6/h3-6,11H,2H2,1H3/t3-,4+,5-,6-/m0/s1. The van der Waals surface area contributed by atoms with Crippen LogP contribution in [-0.2, 0) is 9.47 Å². The molecule has 6 nitrogen and oxygen atoms in total. The SMILES string of the molecule is CO[C@H]1OC[C@H](Cl)[C@H](O)[C@H]1N=[N+]=[N-]. The van der Waals surface area contributed by atoms with E-state index in [0.29, 0.717) is 0 Å². The van der Waals surface area contributed by atoms with Crippen molar-refractivity contribution in [2.45, 2.75) is 23.8 Å². The molecule has 0 amide bonds. The van der Waals surface area contributed by atoms with Crippen LogP contribution in [0.1, 0.15) is 0 Å². The number of ether oxygens (including phenoxy) is 2. The second-order valence-corrected chi connectivity index (χ2v) is 3.20. The van der Waals surface area contributed by atoms with E-state index in [2.05, 4.69) is 10.0 Å². The highest BCUT2D eigenvalue weighted by molar-refractivity contribution is 6.21. The van der Waals surface area contributed by atoms with Gasteiger partial charge in [0.05, 0.1) is 18.1 Å². The summed E-state index contributed by atoms with van der Waals surface area (Å²) in [5.41, 5.74) is 8.23. The maximum atomic E-state index is 9.51. The normalized spacial score (nSPS) is 39.6. The lowest BCUT2D eigenvalue weighted by Gasteiger charge is -2.34. The van der Waals surface area contributed by atoms with Gasteiger partial charge in [-0.1, -0.05) is 5.11 Å². The van der Waals surface area contributed by atoms with Gasteiger partial charge in [-0.2, -0.15) is 0 Å². The Hall–Kier alpha value is -0.520. The molecule has 0 aliphatic carbocycles. The molecule has 1 aliphatic rings. The summed E-state index contributed by atoms with van der Waals surface area (Å²) in [6.07, 6.45) is -1.66. The van der Waals surface area contributed by atoms with Crippen molar-refractivity contribution in [2.24, 2.45) is 5.11 Å². The smallest absolute Gasteiger partial charge is 0.168 e. The van der Waals surface area contributed by atoms with E-state index in [4.69, 9.17) is 26.6 Å². The molecule has 0 aromatic carbocycles. The third-order valence-corrected chi connectivity index (χ3v) is 2.22. The molecule has 1 fully saturated rings. The van der Waals surface area contributed by atoms with Gasteiger partial charge in [0.25, 0.3) is 0 Å². The predicted octanol–water partition coefficient (Wildman–Crippen LogP) is 0.636. The van der Waals surface area contributed by atoms with E-state index in [0.717, 1.165) is 0 Å². The molecule has 1 aliphatic heterocycles. The van der Waals surface area contributed by atoms with E-state index >= 15 is 0 Å². The minimum absolute atomic E-state index is 0.179. The third-order valence-electron chi connectivity index (χ3n) is 1.84. The fourth-order valence-corrected chi connectivity index (χ4v) is 1.37. The van der Waals surface area contributed by atoms with Crippen LogP contribution < -0.4 is 0 Å². The average Bonchev–Trinajstić information content (AvgIpc) is 2.14. The summed E-state index contributed by atoms with van der Waals surface area (Å²) in [6, 6.07) is -0.786. The van der Waals surface area contributed by atoms with Gasteiger partial charge in [0, 0.05) is 12.0 Å². The maximum absolute atomic E-state index is 9.51. The van der Waals surface area contributed by atoms with Crippen molar-refractivity contribution in [3.05, 3.63) is 10.4 Å². The van der Waals surface area contributed by atoms with Crippen molar-refractivity contribution in [1.29, 1.82) is 0 Å². The number of hydrogen-bond donors (Lipinski definition) is 1. The van der Waals surface area contributed by atoms with E-state index in [-0.39, 0.29) is 6.61 Å². The largest absolute Gasteiger partial charge is 0.391 e. The monoisotopic (exact) mass is 207 g/mol. The lowest BCUT2D eigenvalue weighted by Crippen LogP contribution is -2.50. The van der Waals surface area contributed by atoms with Crippen LogP contribution in [-0.4, -0.2) is 42.6 Å². The molecule has 74 valence electrons. The first-order valence-corrected chi connectivity index (χ1v) is 4.15. The molecule has 1 rings (SSSR count). The van der Waals surface area contributed by atoms with Gasteiger partial charge < -0.3 is 14.6 Å². The van der Waals surface area contributed by atoms with Crippen LogP contribution in [0.2, 0.25) is 0 Å². The van der Waals surface area contributed by atoms with Crippen molar-refractivity contribution in [2.75, 3.05) is 13.7 Å². The van der Waals surface area contributed by atoms with Crippen LogP contribution in [0.3, 0.4) is 0 Å². The maximum Gasteiger partial charge on any atom is 0.168 e. The van der Waals surface area contributed by atoms with Crippen molar-refractivity contribution in [3.63, 3.8) is 0 Å². The Morgan fingerprint density at radius 2 is 2.46 bits per heavy atom. The zero-order valence-electron chi connectivity index (χ0n) is 7.00. The van der Waals surface area contributed by atoms with E-state index < -0.39 is 23.8 Å². The van der Waals surface area contributed by atoms with Gasteiger partial charge in [-0.15, -0.1) is 11.6 Å². The van der Waals surface area contributed by atoms with Gasteiger partial charge in [0.15, 0.2) is 6.29 Å². The second kappa shape index (κ2) is 4.64. The van der Waals surface area contributed by atoms with Crippen LogP contribution in [0.25, 0.3) is 10.4 Å². The highest BCUT2D eigenvalue weighted by Crippen LogP contribution is 2.22. The second-order valence-electron chi connectivity index (χ2n) is 2.64. The molecule has 1 saturated heterocycles. The van der Waals surface area contributed by atoms with Crippen molar-refractivity contribution >= 4 is 11.6 Å². The van der Waals surface area contributed by atoms with Crippen molar-refractivity contribution in [1.82, 2.24) is 0 Å². The van der Waals surface area contributed by atoms with Gasteiger partial charge in [-0.25, -0.2) is 0 Å². The van der Waals surface area contributed by atoms with Crippen LogP contribution in [0.5, 0.6) is 0 Å². The van der Waals surface area contributed by atoms with Gasteiger partial charge in [-0.3, -0.25) is 0 Å². The molecule has 4 atom stereocenters. The first-order chi connectivity index (χ1) is 6.20. The van der Waals surface area contributed by atoms with Crippen LogP contribution in [0.4, 0.5) is 0 Å². The summed E-state index contributed by atoms with van der Waals surface area (Å²) in [7, 11) is 1.41. The van der Waals surface area contributed by atoms with E-state index in [1.165, 1.54) is 7.11 Å². The Morgan fingerprint density at radius 1 is 1.77 bits per heavy atom. The minimum atomic E-state index is -0.934. The number of aliphatic hydroxyl groups excluding tert-OH is 1. The van der Waals surface area contributed by atoms with E-state index in [1.54, 1.807) is 0 Å². The number of hydrogen-bond acceptors (Lipinski definition) is 4. The van der Waals surface area contributed by atoms with Crippen molar-refractivity contribution < 1.29 is 14.6 Å². The number of alkyl halides is 1. The number of rotatable bonds is 2. The van der Waals surface area contributed by atoms with Gasteiger partial charge in [0.1, 0.15) is 6.04 Å². The number of halogens is 1. The third kappa shape index (κ3) is 2.24. The fourth-order valence-electron chi connectivity index (χ4n) is 1.15. The van der Waals surface area contributed by atoms with Gasteiger partial charge in [-0.05, 0) is 5.53 Å². The zero-order valence-corrected chi connectivity index (χ0v) is 7.76. The summed E-state index contributed by atoms with van der Waals surface area (Å²) >= 11 is 5.71. The van der Waals surface area contributed by atoms with Crippen molar-refractivity contribution in [3.8, 4) is 0 Å². The van der Waals surface area contributed by atoms with E-state index in [9.17, 15) is 5.11 Å². The highest BCUT2D eigenvalue weighted by atomic mass is 35.5. The Morgan fingerprint density at radius 3 is 3.00 bits per heavy atom. The zero-order chi connectivity index (χ0) is 9.84. The summed E-state index contributed by atoms with van der Waals surface area (Å²) < 4.78 is 9.97. The average molecular weight is 208 g/mol. The van der Waals surface area contributed by atoms with E-state index in [1.807, 2.05) is 0 Å². The first-order valence-electron chi connectivity index (χ1n) is 3.71. The molecule has 0 saturated carbocycles. The number of methoxy groups -OCH3 is 1. The van der Waals surface area contributed by atoms with Gasteiger partial charge >= 0.3 is 0 Å². The number of aliphatic hydroxyl groups is 1. The van der Waals surface area contributed by atoms with Gasteiger partial charge in [0.2, 0.25) is 0 Å². The Balaban J connectivity index is 2.74. The molecule has 0 aromatic rings. The lowest BCUT2D eigenvalue weighted by molar-refractivity contribution is -0.180. The lowest BCUT2D eigenvalue weighted by atomic mass is 10.1. The van der Waals surface area contributed by atoms with Crippen LogP contribution >= 0.6 is 11.6 Å². The molecule has 0 aromatic heterocycles. The molecule has 1 heterocycles. The predicted molar refractivity (Wildman–Crippen MR) is 45.3 cm³/mol. The Bertz CT molecular complexity index is 219. The number of azide groups is 1. The molecule has 0 spiro atoms. The first kappa shape index (κ1) is 10.6. The molecule has 7 heteroatoms. The molecule has 1 N–H and O–H groups in total. The Labute approximate surface area is 80.0 Å². The molecular weight excluding hydrogens is 198 g/mol. The molecule has 0 radical (unpaired) electrons. The highest BCUT2D eigenvalue weighted by Gasteiger charge is 2.38.